The number of allylic oxidation sites excluding steroid dienone is 1. The topological polar surface area (TPSA) is 21.3 Å². The van der Waals surface area contributed by atoms with Gasteiger partial charge in [0.2, 0.25) is 0 Å². The van der Waals surface area contributed by atoms with Crippen molar-refractivity contribution in [2.75, 3.05) is 6.54 Å². The summed E-state index contributed by atoms with van der Waals surface area (Å²) in [5, 5.41) is 4.30. The molecule has 0 saturated carbocycles. The smallest absolute Gasteiger partial charge is 0.120 e. The zero-order chi connectivity index (χ0) is 17.3. The van der Waals surface area contributed by atoms with Crippen molar-refractivity contribution in [3.05, 3.63) is 76.3 Å². The summed E-state index contributed by atoms with van der Waals surface area (Å²) in [6.07, 6.45) is 8.87. The molecule has 1 aliphatic carbocycles. The molecule has 3 rings (SSSR count). The summed E-state index contributed by atoms with van der Waals surface area (Å²) in [5.74, 6) is 0.907. The van der Waals surface area contributed by atoms with E-state index >= 15 is 0 Å². The number of halogens is 2. The number of ether oxygens (including phenoxy) is 1. The fraction of sp³-hybridized carbons (Fsp3) is 0.364. The molecule has 0 aromatic heterocycles. The summed E-state index contributed by atoms with van der Waals surface area (Å²) in [7, 11) is 0. The Hall–Kier alpha value is -1.48. The molecule has 0 saturated heterocycles. The quantitative estimate of drug-likeness (QED) is 0.419. The van der Waals surface area contributed by atoms with Crippen LogP contribution in [-0.4, -0.2) is 6.54 Å². The van der Waals surface area contributed by atoms with E-state index in [0.717, 1.165) is 29.4 Å². The molecule has 0 radical (unpaired) electrons. The maximum Gasteiger partial charge on any atom is 0.120 e. The number of benzene rings is 2. The van der Waals surface area contributed by atoms with Crippen molar-refractivity contribution in [3.63, 3.8) is 0 Å². The number of hydrogen-bond donors (Lipinski definition) is 1. The van der Waals surface area contributed by atoms with E-state index in [4.69, 9.17) is 16.3 Å². The minimum Gasteiger partial charge on any atom is -0.489 e. The van der Waals surface area contributed by atoms with Crippen molar-refractivity contribution in [2.24, 2.45) is 0 Å². The monoisotopic (exact) mass is 391 g/mol. The first-order chi connectivity index (χ1) is 12.3. The van der Waals surface area contributed by atoms with E-state index in [-0.39, 0.29) is 12.4 Å². The summed E-state index contributed by atoms with van der Waals surface area (Å²) in [5.41, 5.74) is 4.00. The standard InChI is InChI=1S/C22H26ClNO.ClH/c23-21-11-9-19(10-12-21)17-25-22-8-4-7-20(15-22)16-24-14-13-18-5-2-1-3-6-18;/h4-5,7-12,15,24H,1-3,6,13-14,16-17H2;1H. The Morgan fingerprint density at radius 1 is 1.00 bits per heavy atom. The maximum atomic E-state index is 5.91. The predicted octanol–water partition coefficient (Wildman–Crippen LogP) is 6.32. The average molecular weight is 392 g/mol. The average Bonchev–Trinajstić information content (AvgIpc) is 2.66. The molecule has 0 amide bonds. The molecule has 26 heavy (non-hydrogen) atoms. The van der Waals surface area contributed by atoms with Crippen LogP contribution in [0.15, 0.2) is 60.2 Å². The third-order valence-corrected chi connectivity index (χ3v) is 4.81. The number of hydrogen-bond acceptors (Lipinski definition) is 2. The molecule has 0 fully saturated rings. The predicted molar refractivity (Wildman–Crippen MR) is 112 cm³/mol. The molecule has 140 valence electrons. The zero-order valence-electron chi connectivity index (χ0n) is 15.0. The lowest BCUT2D eigenvalue weighted by Crippen LogP contribution is -2.15. The fourth-order valence-electron chi connectivity index (χ4n) is 3.11. The third-order valence-electron chi connectivity index (χ3n) is 4.55. The van der Waals surface area contributed by atoms with Gasteiger partial charge in [-0.1, -0.05) is 47.5 Å². The van der Waals surface area contributed by atoms with Gasteiger partial charge in [0.25, 0.3) is 0 Å². The Labute approximate surface area is 168 Å². The summed E-state index contributed by atoms with van der Waals surface area (Å²) in [4.78, 5) is 0. The Morgan fingerprint density at radius 2 is 1.85 bits per heavy atom. The van der Waals surface area contributed by atoms with Crippen molar-refractivity contribution in [1.82, 2.24) is 5.32 Å². The highest BCUT2D eigenvalue weighted by Gasteiger charge is 2.03. The van der Waals surface area contributed by atoms with Gasteiger partial charge in [-0.15, -0.1) is 12.4 Å². The van der Waals surface area contributed by atoms with Crippen LogP contribution in [0.25, 0.3) is 0 Å². The van der Waals surface area contributed by atoms with Gasteiger partial charge in [-0.3, -0.25) is 0 Å². The van der Waals surface area contributed by atoms with Crippen LogP contribution in [0.5, 0.6) is 5.75 Å². The highest BCUT2D eigenvalue weighted by atomic mass is 35.5. The zero-order valence-corrected chi connectivity index (χ0v) is 16.6. The fourth-order valence-corrected chi connectivity index (χ4v) is 3.23. The van der Waals surface area contributed by atoms with E-state index in [1.807, 2.05) is 30.3 Å². The second-order valence-corrected chi connectivity index (χ2v) is 7.03. The van der Waals surface area contributed by atoms with Crippen molar-refractivity contribution in [2.45, 2.75) is 45.3 Å². The lowest BCUT2D eigenvalue weighted by molar-refractivity contribution is 0.306. The number of nitrogens with one attached hydrogen (secondary N) is 1. The molecular formula is C22H27Cl2NO. The first-order valence-corrected chi connectivity index (χ1v) is 9.52. The minimum atomic E-state index is 0. The van der Waals surface area contributed by atoms with Crippen LogP contribution >= 0.6 is 24.0 Å². The van der Waals surface area contributed by atoms with Crippen molar-refractivity contribution in [1.29, 1.82) is 0 Å². The Kier molecular flexibility index (Phi) is 9.04. The Bertz CT molecular complexity index is 698. The van der Waals surface area contributed by atoms with Crippen LogP contribution in [0.2, 0.25) is 5.02 Å². The SMILES string of the molecule is Cl.Clc1ccc(COc2cccc(CNCCC3=CCCCC3)c2)cc1. The number of rotatable bonds is 8. The van der Waals surface area contributed by atoms with E-state index < -0.39 is 0 Å². The van der Waals surface area contributed by atoms with Crippen LogP contribution < -0.4 is 10.1 Å². The van der Waals surface area contributed by atoms with E-state index in [0.29, 0.717) is 6.61 Å². The van der Waals surface area contributed by atoms with Crippen molar-refractivity contribution in [3.8, 4) is 5.75 Å². The van der Waals surface area contributed by atoms with Crippen LogP contribution in [0.4, 0.5) is 0 Å². The van der Waals surface area contributed by atoms with Gasteiger partial charge in [-0.05, 0) is 74.0 Å². The molecule has 1 N–H and O–H groups in total. The summed E-state index contributed by atoms with van der Waals surface area (Å²) < 4.78 is 5.89. The molecule has 0 spiro atoms. The maximum absolute atomic E-state index is 5.91. The molecule has 0 aliphatic heterocycles. The molecule has 0 bridgehead atoms. The van der Waals surface area contributed by atoms with Gasteiger partial charge >= 0.3 is 0 Å². The van der Waals surface area contributed by atoms with Crippen LogP contribution in [0.1, 0.15) is 43.2 Å². The van der Waals surface area contributed by atoms with E-state index in [2.05, 4.69) is 29.6 Å². The van der Waals surface area contributed by atoms with E-state index in [1.165, 1.54) is 37.7 Å². The Morgan fingerprint density at radius 3 is 2.62 bits per heavy atom. The highest BCUT2D eigenvalue weighted by molar-refractivity contribution is 6.30. The highest BCUT2D eigenvalue weighted by Crippen LogP contribution is 2.20. The first kappa shape index (κ1) is 20.8. The minimum absolute atomic E-state index is 0. The summed E-state index contributed by atoms with van der Waals surface area (Å²) >= 11 is 5.91. The molecule has 4 heteroatoms. The summed E-state index contributed by atoms with van der Waals surface area (Å²) in [6, 6.07) is 16.1. The molecule has 2 nitrogen and oxygen atoms in total. The van der Waals surface area contributed by atoms with Gasteiger partial charge in [0.1, 0.15) is 12.4 Å². The molecule has 0 atom stereocenters. The van der Waals surface area contributed by atoms with Gasteiger partial charge in [-0.2, -0.15) is 0 Å². The molecular weight excluding hydrogens is 365 g/mol. The lowest BCUT2D eigenvalue weighted by Gasteiger charge is -2.13. The van der Waals surface area contributed by atoms with E-state index in [9.17, 15) is 0 Å². The molecule has 0 unspecified atom stereocenters. The van der Waals surface area contributed by atoms with Crippen molar-refractivity contribution < 1.29 is 4.74 Å². The van der Waals surface area contributed by atoms with Gasteiger partial charge in [0.05, 0.1) is 0 Å². The van der Waals surface area contributed by atoms with Gasteiger partial charge in [-0.25, -0.2) is 0 Å². The normalized spacial score (nSPS) is 13.7. The van der Waals surface area contributed by atoms with Crippen LogP contribution in [-0.2, 0) is 13.2 Å². The molecule has 1 aliphatic rings. The molecule has 2 aromatic carbocycles. The lowest BCUT2D eigenvalue weighted by atomic mass is 9.97. The van der Waals surface area contributed by atoms with Gasteiger partial charge in [0, 0.05) is 11.6 Å². The Balaban J connectivity index is 0.00000243. The van der Waals surface area contributed by atoms with Gasteiger partial charge < -0.3 is 10.1 Å². The van der Waals surface area contributed by atoms with E-state index in [1.54, 1.807) is 5.57 Å². The molecule has 0 heterocycles. The first-order valence-electron chi connectivity index (χ1n) is 9.14. The van der Waals surface area contributed by atoms with Crippen molar-refractivity contribution >= 4 is 24.0 Å². The van der Waals surface area contributed by atoms with Gasteiger partial charge in [0.15, 0.2) is 0 Å². The summed E-state index contributed by atoms with van der Waals surface area (Å²) in [6.45, 7) is 2.48. The largest absolute Gasteiger partial charge is 0.489 e. The second-order valence-electron chi connectivity index (χ2n) is 6.60. The molecule has 2 aromatic rings. The second kappa shape index (κ2) is 11.3. The third kappa shape index (κ3) is 7.03. The van der Waals surface area contributed by atoms with Crippen LogP contribution in [0.3, 0.4) is 0 Å². The van der Waals surface area contributed by atoms with Crippen LogP contribution in [0, 0.1) is 0 Å².